The molecule has 6 nitrogen and oxygen atoms in total. The Bertz CT molecular complexity index is 1520. The van der Waals surface area contributed by atoms with Gasteiger partial charge in [-0.05, 0) is 43.2 Å². The number of aromatic nitrogens is 4. The van der Waals surface area contributed by atoms with Crippen molar-refractivity contribution in [3.05, 3.63) is 66.2 Å². The molecule has 0 saturated heterocycles. The summed E-state index contributed by atoms with van der Waals surface area (Å²) in [4.78, 5) is 8.09. The zero-order valence-corrected chi connectivity index (χ0v) is 13.8. The number of ether oxygens (including phenoxy) is 1. The molecule has 0 spiro atoms. The van der Waals surface area contributed by atoms with Gasteiger partial charge in [-0.2, -0.15) is 4.98 Å². The van der Waals surface area contributed by atoms with Crippen molar-refractivity contribution in [2.45, 2.75) is 17.7 Å². The van der Waals surface area contributed by atoms with Crippen molar-refractivity contribution in [2.75, 3.05) is 7.04 Å². The van der Waals surface area contributed by atoms with Crippen molar-refractivity contribution in [1.82, 2.24) is 19.5 Å². The number of fused-ring (bicyclic) bond motifs is 1. The van der Waals surface area contributed by atoms with E-state index in [9.17, 15) is 4.55 Å². The number of aromatic amines is 1. The second-order valence-corrected chi connectivity index (χ2v) is 6.13. The topological polar surface area (TPSA) is 78.8 Å². The van der Waals surface area contributed by atoms with Gasteiger partial charge < -0.3 is 13.9 Å². The van der Waals surface area contributed by atoms with Gasteiger partial charge in [0, 0.05) is 45.1 Å². The molecule has 4 aromatic rings. The van der Waals surface area contributed by atoms with Crippen LogP contribution in [0.15, 0.2) is 60.1 Å². The van der Waals surface area contributed by atoms with Gasteiger partial charge >= 0.3 is 5.16 Å². The lowest BCUT2D eigenvalue weighted by Crippen LogP contribution is -2.10. The number of benzene rings is 1. The van der Waals surface area contributed by atoms with E-state index >= 15 is 0 Å². The van der Waals surface area contributed by atoms with Crippen LogP contribution < -0.4 is 4.74 Å². The van der Waals surface area contributed by atoms with Gasteiger partial charge in [-0.1, -0.05) is 0 Å². The van der Waals surface area contributed by atoms with Crippen molar-refractivity contribution >= 4 is 22.2 Å². The van der Waals surface area contributed by atoms with Crippen LogP contribution >= 0.6 is 0 Å². The zero-order chi connectivity index (χ0) is 28.4. The number of H-pyrrole nitrogens is 1. The maximum Gasteiger partial charge on any atom is 0.322 e. The Hall–Kier alpha value is -2.77. The average molecular weight is 379 g/mol. The van der Waals surface area contributed by atoms with E-state index in [0.29, 0.717) is 4.98 Å². The molecule has 0 amide bonds. The molecule has 4 rings (SSSR count). The van der Waals surface area contributed by atoms with Crippen LogP contribution in [0.5, 0.6) is 5.75 Å². The number of methoxy groups -OCH3 is 1. The first-order valence-corrected chi connectivity index (χ1v) is 8.37. The van der Waals surface area contributed by atoms with Crippen LogP contribution in [0.25, 0.3) is 16.7 Å². The molecule has 26 heavy (non-hydrogen) atoms. The molecular formula is C19H18N4O2S. The second kappa shape index (κ2) is 6.86. The Morgan fingerprint density at radius 3 is 3.15 bits per heavy atom. The highest BCUT2D eigenvalue weighted by molar-refractivity contribution is 7.90. The summed E-state index contributed by atoms with van der Waals surface area (Å²) in [7, 11) is -3.08. The first-order chi connectivity index (χ1) is 17.5. The summed E-state index contributed by atoms with van der Waals surface area (Å²) in [6.45, 7) is -3.14. The third-order valence-electron chi connectivity index (χ3n) is 3.42. The molecule has 1 unspecified atom stereocenters. The molecule has 0 saturated carbocycles. The van der Waals surface area contributed by atoms with Crippen LogP contribution in [0.4, 0.5) is 0 Å². The lowest BCUT2D eigenvalue weighted by atomic mass is 10.2. The quantitative estimate of drug-likeness (QED) is 0.540. The predicted molar refractivity (Wildman–Crippen MR) is 101 cm³/mol. The highest BCUT2D eigenvalue weighted by atomic mass is 32.2. The molecule has 3 heterocycles. The summed E-state index contributed by atoms with van der Waals surface area (Å²) in [6.07, 6.45) is 3.95. The van der Waals surface area contributed by atoms with Crippen LogP contribution in [-0.4, -0.2) is 31.1 Å². The zero-order valence-electron chi connectivity index (χ0n) is 25.0. The van der Waals surface area contributed by atoms with Crippen molar-refractivity contribution in [1.29, 1.82) is 0 Å². The van der Waals surface area contributed by atoms with Crippen molar-refractivity contribution in [3.63, 3.8) is 0 Å². The van der Waals surface area contributed by atoms with Crippen molar-refractivity contribution < 1.29 is 25.8 Å². The lowest BCUT2D eigenvalue weighted by molar-refractivity contribution is 0.410. The Kier molecular flexibility index (Phi) is 2.07. The lowest BCUT2D eigenvalue weighted by Gasteiger charge is -2.10. The molecule has 7 heteroatoms. The van der Waals surface area contributed by atoms with Crippen LogP contribution in [0, 0.1) is 6.85 Å². The fraction of sp³-hybridized carbons (Fsp3) is 0.158. The summed E-state index contributed by atoms with van der Waals surface area (Å²) in [5.74, 6) is -0.715. The van der Waals surface area contributed by atoms with Crippen LogP contribution in [0.1, 0.15) is 26.3 Å². The molecule has 0 aliphatic heterocycles. The third-order valence-corrected chi connectivity index (χ3v) is 4.31. The van der Waals surface area contributed by atoms with Gasteiger partial charge in [-0.15, -0.1) is 0 Å². The maximum absolute atomic E-state index is 13.5. The van der Waals surface area contributed by atoms with Crippen LogP contribution in [-0.2, 0) is 16.9 Å². The first kappa shape index (κ1) is 7.85. The van der Waals surface area contributed by atoms with Crippen molar-refractivity contribution in [2.24, 2.45) is 0 Å². The number of hydrogen-bond donors (Lipinski definition) is 1. The summed E-state index contributed by atoms with van der Waals surface area (Å²) in [5, 5.41) is -0.781. The molecule has 0 radical (unpaired) electrons. The van der Waals surface area contributed by atoms with Crippen molar-refractivity contribution in [3.8, 4) is 11.4 Å². The second-order valence-electron chi connectivity index (χ2n) is 5.02. The molecule has 0 aliphatic rings. The number of hydrogen-bond acceptors (Lipinski definition) is 4. The smallest absolute Gasteiger partial charge is 0.322 e. The van der Waals surface area contributed by atoms with Crippen LogP contribution in [0.2, 0.25) is 1.41 Å². The highest BCUT2D eigenvalue weighted by Gasteiger charge is 2.20. The molecule has 132 valence electrons. The van der Waals surface area contributed by atoms with Gasteiger partial charge in [0.2, 0.25) is 0 Å². The van der Waals surface area contributed by atoms with Gasteiger partial charge in [-0.3, -0.25) is 9.96 Å². The van der Waals surface area contributed by atoms with E-state index in [2.05, 4.69) is 9.97 Å². The first-order valence-electron chi connectivity index (χ1n) is 13.2. The summed E-state index contributed by atoms with van der Waals surface area (Å²) in [5.41, 5.74) is -5.71. The van der Waals surface area contributed by atoms with E-state index < -0.39 is 65.0 Å². The monoisotopic (exact) mass is 378 g/mol. The van der Waals surface area contributed by atoms with E-state index in [0.717, 1.165) is 12.3 Å². The third kappa shape index (κ3) is 3.07. The van der Waals surface area contributed by atoms with Gasteiger partial charge in [0.05, 0.1) is 34.7 Å². The number of imidazole rings is 1. The molecule has 1 atom stereocenters. The van der Waals surface area contributed by atoms with E-state index in [1.807, 2.05) is 0 Å². The summed E-state index contributed by atoms with van der Waals surface area (Å²) in [6, 6.07) is 2.85. The van der Waals surface area contributed by atoms with Gasteiger partial charge in [0.25, 0.3) is 0 Å². The predicted octanol–water partition coefficient (Wildman–Crippen LogP) is 3.37. The van der Waals surface area contributed by atoms with E-state index in [1.54, 1.807) is 12.1 Å². The normalized spacial score (nSPS) is 20.7. The van der Waals surface area contributed by atoms with E-state index in [1.165, 1.54) is 17.0 Å². The Morgan fingerprint density at radius 2 is 2.35 bits per heavy atom. The summed E-state index contributed by atoms with van der Waals surface area (Å²) < 4.78 is 116. The van der Waals surface area contributed by atoms with Gasteiger partial charge in [0.1, 0.15) is 5.75 Å². The fourth-order valence-electron chi connectivity index (χ4n) is 2.19. The Balaban J connectivity index is 1.92. The molecule has 3 aromatic heterocycles. The van der Waals surface area contributed by atoms with Crippen LogP contribution in [0.3, 0.4) is 0 Å². The van der Waals surface area contributed by atoms with E-state index in [4.69, 9.17) is 21.2 Å². The van der Waals surface area contributed by atoms with E-state index in [-0.39, 0.29) is 22.8 Å². The minimum absolute atomic E-state index is 0.0354. The van der Waals surface area contributed by atoms with Gasteiger partial charge in [-0.25, -0.2) is 0 Å². The number of rotatable bonds is 5. The Labute approximate surface area is 171 Å². The molecule has 1 N–H and O–H groups in total. The summed E-state index contributed by atoms with van der Waals surface area (Å²) >= 11 is -2.98. The largest absolute Gasteiger partial charge is 0.609 e. The number of pyridine rings is 1. The maximum atomic E-state index is 13.5. The Morgan fingerprint density at radius 1 is 1.46 bits per heavy atom. The minimum atomic E-state index is -3.16. The molecule has 1 aromatic carbocycles. The highest BCUT2D eigenvalue weighted by Crippen LogP contribution is 2.24. The molecular weight excluding hydrogens is 348 g/mol. The van der Waals surface area contributed by atoms with Gasteiger partial charge in [0.15, 0.2) is 7.12 Å². The molecule has 0 aliphatic carbocycles. The molecule has 0 bridgehead atoms. The molecule has 0 fully saturated rings. The standard InChI is InChI=1S/C19H18N4O2S/c1-13-17(20-8-7-18(13)25-2)12-26(24)19-21-15-6-5-14(11-16(15)22-19)23-9-3-4-10-23/h3-11H,12H2,1-2H3,(H,21,22)/i1D3,2D3,5D,6D,11D,12D2/hD. The average Bonchev–Trinajstić information content (AvgIpc) is 3.43. The number of nitrogens with one attached hydrogen (secondary N) is 1. The fourth-order valence-corrected chi connectivity index (χ4v) is 2.96. The SMILES string of the molecule is [2H]c1c(-n2cccc2)c([2H])c2nc([S+]([O-])C([2H])([2H])c3nccc(OC([2H])([2H])[2H])c3C([2H])([2H])[2H])n([2H])c2c1[2H]. The minimum Gasteiger partial charge on any atom is -0.609 e. The number of nitrogens with zero attached hydrogens (tertiary/aromatic N) is 3.